The maximum atomic E-state index is 11.0. The van der Waals surface area contributed by atoms with E-state index in [9.17, 15) is 4.79 Å². The van der Waals surface area contributed by atoms with E-state index in [1.54, 1.807) is 0 Å². The van der Waals surface area contributed by atoms with Gasteiger partial charge in [0, 0.05) is 6.42 Å². The fourth-order valence-corrected chi connectivity index (χ4v) is 1.82. The molecule has 2 heterocycles. The van der Waals surface area contributed by atoms with E-state index in [1.807, 2.05) is 13.8 Å². The van der Waals surface area contributed by atoms with Crippen LogP contribution in [0.5, 0.6) is 0 Å². The maximum Gasteiger partial charge on any atom is 0.324 e. The van der Waals surface area contributed by atoms with E-state index < -0.39 is 11.5 Å². The van der Waals surface area contributed by atoms with Crippen LogP contribution in [0.25, 0.3) is 0 Å². The van der Waals surface area contributed by atoms with E-state index in [2.05, 4.69) is 5.32 Å². The zero-order valence-electron chi connectivity index (χ0n) is 8.88. The van der Waals surface area contributed by atoms with Crippen LogP contribution in [-0.4, -0.2) is 35.9 Å². The molecular formula is C10H19NO3. The van der Waals surface area contributed by atoms with Crippen molar-refractivity contribution < 1.29 is 14.6 Å². The monoisotopic (exact) mass is 201 g/mol. The molecule has 2 aliphatic rings. The van der Waals surface area contributed by atoms with Crippen molar-refractivity contribution in [2.24, 2.45) is 0 Å². The van der Waals surface area contributed by atoms with Gasteiger partial charge in [0.1, 0.15) is 5.54 Å². The van der Waals surface area contributed by atoms with Crippen molar-refractivity contribution in [2.75, 3.05) is 13.2 Å². The highest BCUT2D eigenvalue weighted by Gasteiger charge is 2.45. The second-order valence-electron chi connectivity index (χ2n) is 3.58. The number of carbonyl (C=O) groups is 1. The number of carboxylic acids is 1. The van der Waals surface area contributed by atoms with E-state index in [0.29, 0.717) is 6.42 Å². The van der Waals surface area contributed by atoms with Gasteiger partial charge in [-0.15, -0.1) is 0 Å². The lowest BCUT2D eigenvalue weighted by Gasteiger charge is -2.23. The standard InChI is InChI=1S/C8H13NO3.C2H6/c10-7(11)8(2-1-3-9-8)4-6-5-12-6;1-2/h6,9H,1-5H2,(H,10,11);1-2H3. The predicted molar refractivity (Wildman–Crippen MR) is 53.3 cm³/mol. The average molecular weight is 201 g/mol. The van der Waals surface area contributed by atoms with E-state index in [1.165, 1.54) is 0 Å². The Morgan fingerprint density at radius 2 is 2.29 bits per heavy atom. The van der Waals surface area contributed by atoms with Gasteiger partial charge in [-0.1, -0.05) is 13.8 Å². The summed E-state index contributed by atoms with van der Waals surface area (Å²) >= 11 is 0. The Hall–Kier alpha value is -0.610. The van der Waals surface area contributed by atoms with E-state index >= 15 is 0 Å². The predicted octanol–water partition coefficient (Wildman–Crippen LogP) is 1.01. The summed E-state index contributed by atoms with van der Waals surface area (Å²) in [6, 6.07) is 0. The summed E-state index contributed by atoms with van der Waals surface area (Å²) in [6.07, 6.45) is 2.51. The van der Waals surface area contributed by atoms with Gasteiger partial charge >= 0.3 is 5.97 Å². The third kappa shape index (κ3) is 2.45. The van der Waals surface area contributed by atoms with E-state index in [-0.39, 0.29) is 6.10 Å². The lowest BCUT2D eigenvalue weighted by molar-refractivity contribution is -0.144. The average Bonchev–Trinajstić information content (AvgIpc) is 2.85. The third-order valence-corrected chi connectivity index (χ3v) is 2.63. The molecule has 2 fully saturated rings. The summed E-state index contributed by atoms with van der Waals surface area (Å²) in [4.78, 5) is 11.0. The topological polar surface area (TPSA) is 61.9 Å². The molecule has 2 rings (SSSR count). The second kappa shape index (κ2) is 4.75. The smallest absolute Gasteiger partial charge is 0.324 e. The number of hydrogen-bond acceptors (Lipinski definition) is 3. The number of rotatable bonds is 3. The molecule has 0 aromatic heterocycles. The number of hydrogen-bond donors (Lipinski definition) is 2. The molecule has 82 valence electrons. The SMILES string of the molecule is CC.O=C(O)C1(CC2CO2)CCCN1. The van der Waals surface area contributed by atoms with Crippen molar-refractivity contribution in [1.29, 1.82) is 0 Å². The molecule has 2 N–H and O–H groups in total. The number of nitrogens with one attached hydrogen (secondary N) is 1. The van der Waals surface area contributed by atoms with Gasteiger partial charge in [-0.3, -0.25) is 4.79 Å². The van der Waals surface area contributed by atoms with Crippen LogP contribution in [0.15, 0.2) is 0 Å². The Morgan fingerprint density at radius 1 is 1.64 bits per heavy atom. The molecule has 0 aromatic carbocycles. The molecule has 0 aliphatic carbocycles. The Balaban J connectivity index is 0.000000461. The minimum atomic E-state index is -0.726. The van der Waals surface area contributed by atoms with Gasteiger partial charge in [-0.2, -0.15) is 0 Å². The molecule has 2 aliphatic heterocycles. The zero-order valence-corrected chi connectivity index (χ0v) is 8.88. The largest absolute Gasteiger partial charge is 0.480 e. The molecule has 4 nitrogen and oxygen atoms in total. The Morgan fingerprint density at radius 3 is 2.64 bits per heavy atom. The van der Waals surface area contributed by atoms with Gasteiger partial charge in [-0.25, -0.2) is 0 Å². The molecule has 0 radical (unpaired) electrons. The fourth-order valence-electron chi connectivity index (χ4n) is 1.82. The van der Waals surface area contributed by atoms with Crippen LogP contribution >= 0.6 is 0 Å². The Labute approximate surface area is 84.6 Å². The highest BCUT2D eigenvalue weighted by Crippen LogP contribution is 2.29. The molecular weight excluding hydrogens is 182 g/mol. The van der Waals surface area contributed by atoms with E-state index in [4.69, 9.17) is 9.84 Å². The van der Waals surface area contributed by atoms with Gasteiger partial charge in [0.15, 0.2) is 0 Å². The molecule has 4 heteroatoms. The number of epoxide rings is 1. The maximum absolute atomic E-state index is 11.0. The molecule has 2 unspecified atom stereocenters. The van der Waals surface area contributed by atoms with Crippen LogP contribution in [0, 0.1) is 0 Å². The highest BCUT2D eigenvalue weighted by molar-refractivity contribution is 5.79. The third-order valence-electron chi connectivity index (χ3n) is 2.63. The van der Waals surface area contributed by atoms with Crippen LogP contribution in [0.2, 0.25) is 0 Å². The summed E-state index contributed by atoms with van der Waals surface area (Å²) in [5.41, 5.74) is -0.679. The quantitative estimate of drug-likeness (QED) is 0.669. The minimum absolute atomic E-state index is 0.187. The number of carboxylic acid groups (broad SMARTS) is 1. The summed E-state index contributed by atoms with van der Waals surface area (Å²) in [5.74, 6) is -0.726. The summed E-state index contributed by atoms with van der Waals surface area (Å²) in [7, 11) is 0. The van der Waals surface area contributed by atoms with Gasteiger partial charge in [-0.05, 0) is 19.4 Å². The van der Waals surface area contributed by atoms with Crippen molar-refractivity contribution in [3.8, 4) is 0 Å². The van der Waals surface area contributed by atoms with Crippen molar-refractivity contribution in [3.05, 3.63) is 0 Å². The fraction of sp³-hybridized carbons (Fsp3) is 0.900. The van der Waals surface area contributed by atoms with Gasteiger partial charge in [0.2, 0.25) is 0 Å². The highest BCUT2D eigenvalue weighted by atomic mass is 16.6. The van der Waals surface area contributed by atoms with Crippen LogP contribution in [0.3, 0.4) is 0 Å². The lowest BCUT2D eigenvalue weighted by Crippen LogP contribution is -2.48. The first kappa shape index (κ1) is 11.5. The first-order chi connectivity index (χ1) is 6.73. The van der Waals surface area contributed by atoms with Crippen LogP contribution in [-0.2, 0) is 9.53 Å². The first-order valence-electron chi connectivity index (χ1n) is 5.33. The molecule has 0 amide bonds. The van der Waals surface area contributed by atoms with Gasteiger partial charge < -0.3 is 15.2 Å². The lowest BCUT2D eigenvalue weighted by atomic mass is 9.92. The summed E-state index contributed by atoms with van der Waals surface area (Å²) < 4.78 is 5.04. The molecule has 2 saturated heterocycles. The molecule has 0 aromatic rings. The van der Waals surface area contributed by atoms with Gasteiger partial charge in [0.05, 0.1) is 12.7 Å². The zero-order chi connectivity index (χ0) is 10.6. The molecule has 0 bridgehead atoms. The van der Waals surface area contributed by atoms with Crippen molar-refractivity contribution in [2.45, 2.75) is 44.8 Å². The van der Waals surface area contributed by atoms with Crippen molar-refractivity contribution in [3.63, 3.8) is 0 Å². The van der Waals surface area contributed by atoms with Crippen molar-refractivity contribution in [1.82, 2.24) is 5.32 Å². The van der Waals surface area contributed by atoms with Crippen LogP contribution < -0.4 is 5.32 Å². The molecule has 0 spiro atoms. The first-order valence-corrected chi connectivity index (χ1v) is 5.33. The van der Waals surface area contributed by atoms with E-state index in [0.717, 1.165) is 26.0 Å². The normalized spacial score (nSPS) is 34.6. The van der Waals surface area contributed by atoms with Crippen molar-refractivity contribution >= 4 is 5.97 Å². The Bertz CT molecular complexity index is 196. The number of ether oxygens (including phenoxy) is 1. The molecule has 2 atom stereocenters. The number of aliphatic carboxylic acids is 1. The summed E-state index contributed by atoms with van der Waals surface area (Å²) in [6.45, 7) is 5.55. The Kier molecular flexibility index (Phi) is 3.89. The summed E-state index contributed by atoms with van der Waals surface area (Å²) in [5, 5.41) is 12.1. The minimum Gasteiger partial charge on any atom is -0.480 e. The molecule has 14 heavy (non-hydrogen) atoms. The van der Waals surface area contributed by atoms with Gasteiger partial charge in [0.25, 0.3) is 0 Å². The van der Waals surface area contributed by atoms with Crippen LogP contribution in [0.4, 0.5) is 0 Å². The second-order valence-corrected chi connectivity index (χ2v) is 3.58. The van der Waals surface area contributed by atoms with Crippen LogP contribution in [0.1, 0.15) is 33.1 Å². The molecule has 0 saturated carbocycles.